The second-order valence-electron chi connectivity index (χ2n) is 4.94. The Hall–Kier alpha value is -0.610. The number of unbranched alkanes of at least 4 members (excludes halogenated alkanes) is 1. The van der Waals surface area contributed by atoms with Crippen LogP contribution in [0.4, 0.5) is 0 Å². The zero-order chi connectivity index (χ0) is 13.1. The van der Waals surface area contributed by atoms with Gasteiger partial charge in [-0.05, 0) is 44.7 Å². The molecule has 0 radical (unpaired) electrons. The second-order valence-corrected chi connectivity index (χ2v) is 4.94. The van der Waals surface area contributed by atoms with Crippen LogP contribution in [0.1, 0.15) is 45.4 Å². The van der Waals surface area contributed by atoms with Crippen molar-refractivity contribution in [3.8, 4) is 0 Å². The maximum Gasteiger partial charge on any atom is 0.305 e. The largest absolute Gasteiger partial charge is 0.463 e. The van der Waals surface area contributed by atoms with Crippen molar-refractivity contribution in [2.24, 2.45) is 5.92 Å². The molecule has 106 valence electrons. The van der Waals surface area contributed by atoms with Crippen LogP contribution in [0.5, 0.6) is 0 Å². The number of ether oxygens (including phenoxy) is 2. The summed E-state index contributed by atoms with van der Waals surface area (Å²) in [5, 5.41) is 3.36. The van der Waals surface area contributed by atoms with Crippen LogP contribution in [0.15, 0.2) is 0 Å². The molecule has 1 heterocycles. The predicted octanol–water partition coefficient (Wildman–Crippen LogP) is 2.13. The predicted molar refractivity (Wildman–Crippen MR) is 71.5 cm³/mol. The minimum atomic E-state index is -0.0836. The topological polar surface area (TPSA) is 47.6 Å². The Kier molecular flexibility index (Phi) is 8.86. The smallest absolute Gasteiger partial charge is 0.305 e. The van der Waals surface area contributed by atoms with Crippen LogP contribution < -0.4 is 5.32 Å². The first-order valence-electron chi connectivity index (χ1n) is 7.27. The Morgan fingerprint density at radius 2 is 2.22 bits per heavy atom. The summed E-state index contributed by atoms with van der Waals surface area (Å²) in [5.74, 6) is 0.562. The van der Waals surface area contributed by atoms with E-state index in [9.17, 15) is 4.79 Å². The summed E-state index contributed by atoms with van der Waals surface area (Å²) in [4.78, 5) is 11.5. The molecule has 0 amide bonds. The summed E-state index contributed by atoms with van der Waals surface area (Å²) in [5.41, 5.74) is 0. The third-order valence-electron chi connectivity index (χ3n) is 3.29. The first kappa shape index (κ1) is 15.4. The maximum atomic E-state index is 11.5. The zero-order valence-corrected chi connectivity index (χ0v) is 11.6. The Morgan fingerprint density at radius 1 is 1.33 bits per heavy atom. The lowest BCUT2D eigenvalue weighted by Crippen LogP contribution is -2.30. The lowest BCUT2D eigenvalue weighted by Gasteiger charge is -2.22. The average Bonchev–Trinajstić information content (AvgIpc) is 2.41. The van der Waals surface area contributed by atoms with E-state index >= 15 is 0 Å². The summed E-state index contributed by atoms with van der Waals surface area (Å²) >= 11 is 0. The first-order valence-corrected chi connectivity index (χ1v) is 7.27. The molecule has 1 aliphatic heterocycles. The highest BCUT2D eigenvalue weighted by atomic mass is 16.6. The van der Waals surface area contributed by atoms with Gasteiger partial charge in [-0.15, -0.1) is 0 Å². The lowest BCUT2D eigenvalue weighted by molar-refractivity contribution is -0.145. The number of carbonyl (C=O) groups is 1. The maximum absolute atomic E-state index is 11.5. The average molecular weight is 257 g/mol. The minimum Gasteiger partial charge on any atom is -0.463 e. The van der Waals surface area contributed by atoms with Crippen molar-refractivity contribution in [2.45, 2.75) is 45.4 Å². The summed E-state index contributed by atoms with van der Waals surface area (Å²) in [7, 11) is 0. The van der Waals surface area contributed by atoms with Crippen molar-refractivity contribution >= 4 is 5.97 Å². The van der Waals surface area contributed by atoms with Gasteiger partial charge < -0.3 is 14.8 Å². The van der Waals surface area contributed by atoms with Crippen molar-refractivity contribution < 1.29 is 14.3 Å². The highest BCUT2D eigenvalue weighted by Crippen LogP contribution is 2.15. The number of carbonyl (C=O) groups excluding carboxylic acids is 1. The minimum absolute atomic E-state index is 0.0836. The number of hydrogen-bond donors (Lipinski definition) is 1. The summed E-state index contributed by atoms with van der Waals surface area (Å²) in [6.45, 7) is 5.98. The van der Waals surface area contributed by atoms with E-state index in [1.54, 1.807) is 0 Å². The Balaban J connectivity index is 1.90. The summed E-state index contributed by atoms with van der Waals surface area (Å²) in [6.07, 6.45) is 6.16. The van der Waals surface area contributed by atoms with Gasteiger partial charge in [0.1, 0.15) is 6.61 Å². The van der Waals surface area contributed by atoms with Gasteiger partial charge in [-0.3, -0.25) is 4.79 Å². The molecule has 4 heteroatoms. The number of nitrogens with one attached hydrogen (secondary N) is 1. The number of piperidine rings is 1. The van der Waals surface area contributed by atoms with Gasteiger partial charge in [0.15, 0.2) is 0 Å². The Morgan fingerprint density at radius 3 is 2.94 bits per heavy atom. The lowest BCUT2D eigenvalue weighted by atomic mass is 9.95. The van der Waals surface area contributed by atoms with E-state index in [0.29, 0.717) is 25.6 Å². The van der Waals surface area contributed by atoms with Gasteiger partial charge in [-0.1, -0.05) is 13.3 Å². The normalized spacial score (nSPS) is 19.7. The van der Waals surface area contributed by atoms with E-state index in [1.807, 2.05) is 0 Å². The van der Waals surface area contributed by atoms with Crippen LogP contribution in [0.2, 0.25) is 0 Å². The van der Waals surface area contributed by atoms with Crippen LogP contribution in [0, 0.1) is 5.92 Å². The second kappa shape index (κ2) is 10.3. The van der Waals surface area contributed by atoms with Gasteiger partial charge in [0.25, 0.3) is 0 Å². The van der Waals surface area contributed by atoms with Gasteiger partial charge in [-0.2, -0.15) is 0 Å². The molecular formula is C14H27NO3. The molecule has 0 aromatic carbocycles. The van der Waals surface area contributed by atoms with Crippen molar-refractivity contribution in [1.82, 2.24) is 5.32 Å². The van der Waals surface area contributed by atoms with Gasteiger partial charge in [0.2, 0.25) is 0 Å². The van der Waals surface area contributed by atoms with Crippen LogP contribution in [-0.4, -0.2) is 38.9 Å². The molecule has 1 N–H and O–H groups in total. The molecule has 1 rings (SSSR count). The molecule has 1 fully saturated rings. The van der Waals surface area contributed by atoms with Crippen molar-refractivity contribution in [2.75, 3.05) is 32.9 Å². The fourth-order valence-corrected chi connectivity index (χ4v) is 2.13. The number of rotatable bonds is 9. The highest BCUT2D eigenvalue weighted by Gasteiger charge is 2.14. The molecule has 0 spiro atoms. The van der Waals surface area contributed by atoms with Gasteiger partial charge in [0.05, 0.1) is 6.61 Å². The Bertz CT molecular complexity index is 215. The highest BCUT2D eigenvalue weighted by molar-refractivity contribution is 5.69. The fraction of sp³-hybridized carbons (Fsp3) is 0.929. The molecule has 0 aliphatic carbocycles. The third-order valence-corrected chi connectivity index (χ3v) is 3.29. The summed E-state index contributed by atoms with van der Waals surface area (Å²) < 4.78 is 10.5. The Labute approximate surface area is 110 Å². The van der Waals surface area contributed by atoms with Crippen LogP contribution in [-0.2, 0) is 14.3 Å². The molecule has 18 heavy (non-hydrogen) atoms. The van der Waals surface area contributed by atoms with E-state index < -0.39 is 0 Å². The molecule has 0 aromatic rings. The van der Waals surface area contributed by atoms with Crippen molar-refractivity contribution in [1.29, 1.82) is 0 Å². The fourth-order valence-electron chi connectivity index (χ4n) is 2.13. The van der Waals surface area contributed by atoms with Crippen LogP contribution in [0.25, 0.3) is 0 Å². The van der Waals surface area contributed by atoms with E-state index in [2.05, 4.69) is 12.2 Å². The van der Waals surface area contributed by atoms with Gasteiger partial charge >= 0.3 is 5.97 Å². The van der Waals surface area contributed by atoms with Crippen molar-refractivity contribution in [3.63, 3.8) is 0 Å². The molecule has 0 bridgehead atoms. The SMILES string of the molecule is CCCCOCCOC(=O)CCC1CCCNC1. The van der Waals surface area contributed by atoms with E-state index in [4.69, 9.17) is 9.47 Å². The third kappa shape index (κ3) is 7.67. The molecule has 1 unspecified atom stereocenters. The molecule has 4 nitrogen and oxygen atoms in total. The van der Waals surface area contributed by atoms with E-state index in [0.717, 1.165) is 39.0 Å². The first-order chi connectivity index (χ1) is 8.83. The van der Waals surface area contributed by atoms with Gasteiger partial charge in [0, 0.05) is 13.0 Å². The molecule has 0 aromatic heterocycles. The number of hydrogen-bond acceptors (Lipinski definition) is 4. The van der Waals surface area contributed by atoms with Crippen molar-refractivity contribution in [3.05, 3.63) is 0 Å². The summed E-state index contributed by atoms with van der Waals surface area (Å²) in [6, 6.07) is 0. The van der Waals surface area contributed by atoms with Gasteiger partial charge in [-0.25, -0.2) is 0 Å². The molecule has 1 aliphatic rings. The van der Waals surface area contributed by atoms with E-state index in [1.165, 1.54) is 12.8 Å². The zero-order valence-electron chi connectivity index (χ0n) is 11.6. The standard InChI is InChI=1S/C14H27NO3/c1-2-3-9-17-10-11-18-14(16)7-6-13-5-4-8-15-12-13/h13,15H,2-12H2,1H3. The molecule has 1 saturated heterocycles. The van der Waals surface area contributed by atoms with Crippen LogP contribution >= 0.6 is 0 Å². The monoisotopic (exact) mass is 257 g/mol. The molecule has 0 saturated carbocycles. The molecular weight excluding hydrogens is 230 g/mol. The van der Waals surface area contributed by atoms with Crippen LogP contribution in [0.3, 0.4) is 0 Å². The number of esters is 1. The van der Waals surface area contributed by atoms with E-state index in [-0.39, 0.29) is 5.97 Å². The quantitative estimate of drug-likeness (QED) is 0.508. The molecule has 1 atom stereocenters.